The molecule has 1 aromatic rings. The molecule has 0 saturated heterocycles. The number of alkyl halides is 3. The van der Waals surface area contributed by atoms with Crippen molar-refractivity contribution in [1.29, 1.82) is 0 Å². The molecule has 0 aliphatic rings. The Labute approximate surface area is 99.8 Å². The van der Waals surface area contributed by atoms with Crippen molar-refractivity contribution >= 4 is 28.3 Å². The molecule has 0 aliphatic carbocycles. The molecule has 1 aromatic heterocycles. The van der Waals surface area contributed by atoms with Crippen LogP contribution >= 0.6 is 28.3 Å². The molecule has 1 atom stereocenters. The van der Waals surface area contributed by atoms with Crippen molar-refractivity contribution in [3.63, 3.8) is 0 Å². The van der Waals surface area contributed by atoms with E-state index in [1.165, 1.54) is 25.4 Å². The zero-order valence-corrected chi connectivity index (χ0v) is 10.1. The first-order valence-electron chi connectivity index (χ1n) is 3.80. The number of hydrogen-bond acceptors (Lipinski definition) is 2. The summed E-state index contributed by atoms with van der Waals surface area (Å²) in [5.41, 5.74) is -0.0387. The fourth-order valence-corrected chi connectivity index (χ4v) is 1.27. The molecule has 15 heavy (non-hydrogen) atoms. The van der Waals surface area contributed by atoms with Gasteiger partial charge in [-0.2, -0.15) is 13.2 Å². The van der Waals surface area contributed by atoms with E-state index in [1.54, 1.807) is 0 Å². The summed E-state index contributed by atoms with van der Waals surface area (Å²) < 4.78 is 37.8. The van der Waals surface area contributed by atoms with E-state index in [0.717, 1.165) is 0 Å². The summed E-state index contributed by atoms with van der Waals surface area (Å²) in [5.74, 6) is 0. The van der Waals surface area contributed by atoms with Gasteiger partial charge in [-0.1, -0.05) is 0 Å². The molecule has 0 aliphatic heterocycles. The first-order chi connectivity index (χ1) is 6.45. The second-order valence-corrected chi connectivity index (χ2v) is 3.58. The molecule has 1 heterocycles. The minimum atomic E-state index is -4.32. The summed E-state index contributed by atoms with van der Waals surface area (Å²) in [5, 5.41) is 2.17. The van der Waals surface area contributed by atoms with Crippen molar-refractivity contribution < 1.29 is 13.2 Å². The molecule has 0 amide bonds. The molecular formula is C8H9BrClF3N2. The van der Waals surface area contributed by atoms with Gasteiger partial charge in [0.2, 0.25) is 0 Å². The highest BCUT2D eigenvalue weighted by Gasteiger charge is 2.40. The molecule has 0 bridgehead atoms. The van der Waals surface area contributed by atoms with Gasteiger partial charge in [-0.3, -0.25) is 4.98 Å². The van der Waals surface area contributed by atoms with Crippen molar-refractivity contribution in [3.05, 3.63) is 28.5 Å². The van der Waals surface area contributed by atoms with Gasteiger partial charge in [-0.25, -0.2) is 0 Å². The number of rotatable bonds is 2. The van der Waals surface area contributed by atoms with E-state index in [0.29, 0.717) is 4.47 Å². The van der Waals surface area contributed by atoms with Crippen LogP contribution in [0.2, 0.25) is 0 Å². The Morgan fingerprint density at radius 1 is 1.40 bits per heavy atom. The highest BCUT2D eigenvalue weighted by Crippen LogP contribution is 2.31. The predicted octanol–water partition coefficient (Wildman–Crippen LogP) is 3.09. The lowest BCUT2D eigenvalue weighted by Crippen LogP contribution is -2.32. The van der Waals surface area contributed by atoms with E-state index >= 15 is 0 Å². The summed E-state index contributed by atoms with van der Waals surface area (Å²) in [7, 11) is 1.25. The summed E-state index contributed by atoms with van der Waals surface area (Å²) in [6, 6.07) is 1.15. The van der Waals surface area contributed by atoms with Crippen molar-refractivity contribution in [2.45, 2.75) is 12.2 Å². The van der Waals surface area contributed by atoms with Gasteiger partial charge < -0.3 is 5.32 Å². The molecule has 7 heteroatoms. The van der Waals surface area contributed by atoms with E-state index in [1.807, 2.05) is 0 Å². The van der Waals surface area contributed by atoms with Gasteiger partial charge in [0.15, 0.2) is 0 Å². The first-order valence-corrected chi connectivity index (χ1v) is 4.60. The fraction of sp³-hybridized carbons (Fsp3) is 0.375. The first kappa shape index (κ1) is 14.7. The van der Waals surface area contributed by atoms with E-state index < -0.39 is 12.2 Å². The molecule has 1 N–H and O–H groups in total. The number of nitrogens with zero attached hydrogens (tertiary/aromatic N) is 1. The maximum Gasteiger partial charge on any atom is 0.409 e. The van der Waals surface area contributed by atoms with Crippen molar-refractivity contribution in [2.24, 2.45) is 0 Å². The molecule has 0 saturated carbocycles. The minimum Gasteiger partial charge on any atom is -0.304 e. The molecule has 86 valence electrons. The van der Waals surface area contributed by atoms with Crippen LogP contribution in [0.3, 0.4) is 0 Å². The molecule has 0 fully saturated rings. The number of pyridine rings is 1. The normalized spacial score (nSPS) is 13.1. The van der Waals surface area contributed by atoms with E-state index in [-0.39, 0.29) is 18.1 Å². The van der Waals surface area contributed by atoms with Crippen LogP contribution in [0.1, 0.15) is 11.7 Å². The average molecular weight is 306 g/mol. The van der Waals surface area contributed by atoms with Crippen LogP contribution < -0.4 is 5.32 Å². The molecule has 1 unspecified atom stereocenters. The summed E-state index contributed by atoms with van der Waals surface area (Å²) in [6.07, 6.45) is -2.99. The number of hydrogen-bond donors (Lipinski definition) is 1. The van der Waals surface area contributed by atoms with Crippen LogP contribution in [0.4, 0.5) is 13.2 Å². The van der Waals surface area contributed by atoms with Gasteiger partial charge in [-0.05, 0) is 35.1 Å². The predicted molar refractivity (Wildman–Crippen MR) is 57.0 cm³/mol. The fourth-order valence-electron chi connectivity index (χ4n) is 1.04. The van der Waals surface area contributed by atoms with Gasteiger partial charge >= 0.3 is 6.18 Å². The molecular weight excluding hydrogens is 296 g/mol. The van der Waals surface area contributed by atoms with Crippen LogP contribution in [-0.2, 0) is 0 Å². The summed E-state index contributed by atoms with van der Waals surface area (Å²) >= 11 is 3.10. The van der Waals surface area contributed by atoms with Crippen LogP contribution in [0.5, 0.6) is 0 Å². The van der Waals surface area contributed by atoms with Gasteiger partial charge in [0.1, 0.15) is 6.04 Å². The van der Waals surface area contributed by atoms with Crippen LogP contribution in [0.15, 0.2) is 22.8 Å². The van der Waals surface area contributed by atoms with Crippen LogP contribution in [-0.4, -0.2) is 18.2 Å². The summed E-state index contributed by atoms with van der Waals surface area (Å²) in [6.45, 7) is 0. The lowest BCUT2D eigenvalue weighted by molar-refractivity contribution is -0.157. The number of aromatic nitrogens is 1. The largest absolute Gasteiger partial charge is 0.409 e. The van der Waals surface area contributed by atoms with Crippen molar-refractivity contribution in [2.75, 3.05) is 7.05 Å². The number of nitrogens with one attached hydrogen (secondary N) is 1. The maximum atomic E-state index is 12.4. The topological polar surface area (TPSA) is 24.9 Å². The Kier molecular flexibility index (Phi) is 5.55. The van der Waals surface area contributed by atoms with Gasteiger partial charge in [0.25, 0.3) is 0 Å². The molecule has 0 aromatic carbocycles. The smallest absolute Gasteiger partial charge is 0.304 e. The lowest BCUT2D eigenvalue weighted by Gasteiger charge is -2.18. The Morgan fingerprint density at radius 2 is 2.00 bits per heavy atom. The SMILES string of the molecule is CNC(c1ccc(Br)cn1)C(F)(F)F.Cl. The zero-order chi connectivity index (χ0) is 10.8. The van der Waals surface area contributed by atoms with Gasteiger partial charge in [-0.15, -0.1) is 12.4 Å². The van der Waals surface area contributed by atoms with E-state index in [2.05, 4.69) is 26.2 Å². The average Bonchev–Trinajstić information content (AvgIpc) is 2.07. The Bertz CT molecular complexity index is 302. The number of halogens is 5. The van der Waals surface area contributed by atoms with Gasteiger partial charge in [0.05, 0.1) is 5.69 Å². The van der Waals surface area contributed by atoms with E-state index in [9.17, 15) is 13.2 Å². The third-order valence-electron chi connectivity index (χ3n) is 1.66. The van der Waals surface area contributed by atoms with Gasteiger partial charge in [0, 0.05) is 10.7 Å². The standard InChI is InChI=1S/C8H8BrF3N2.ClH/c1-13-7(8(10,11)12)6-3-2-5(9)4-14-6;/h2-4,7,13H,1H3;1H. The molecule has 2 nitrogen and oxygen atoms in total. The second-order valence-electron chi connectivity index (χ2n) is 2.66. The zero-order valence-electron chi connectivity index (χ0n) is 7.68. The molecule has 1 rings (SSSR count). The van der Waals surface area contributed by atoms with Crippen molar-refractivity contribution in [1.82, 2.24) is 10.3 Å². The third kappa shape index (κ3) is 3.96. The lowest BCUT2D eigenvalue weighted by atomic mass is 10.2. The molecule has 0 spiro atoms. The van der Waals surface area contributed by atoms with Crippen molar-refractivity contribution in [3.8, 4) is 0 Å². The third-order valence-corrected chi connectivity index (χ3v) is 2.13. The highest BCUT2D eigenvalue weighted by molar-refractivity contribution is 9.10. The quantitative estimate of drug-likeness (QED) is 0.908. The van der Waals surface area contributed by atoms with E-state index in [4.69, 9.17) is 0 Å². The second kappa shape index (κ2) is 5.67. The monoisotopic (exact) mass is 304 g/mol. The summed E-state index contributed by atoms with van der Waals surface area (Å²) in [4.78, 5) is 3.69. The van der Waals surface area contributed by atoms with Crippen LogP contribution in [0.25, 0.3) is 0 Å². The minimum absolute atomic E-state index is 0. The highest BCUT2D eigenvalue weighted by atomic mass is 79.9. The van der Waals surface area contributed by atoms with Crippen LogP contribution in [0, 0.1) is 0 Å². The Morgan fingerprint density at radius 3 is 2.33 bits per heavy atom. The maximum absolute atomic E-state index is 12.4. The molecule has 0 radical (unpaired) electrons. The Balaban J connectivity index is 0.00000196. The Hall–Kier alpha value is -0.330.